The van der Waals surface area contributed by atoms with Crippen LogP contribution in [0.3, 0.4) is 0 Å². The van der Waals surface area contributed by atoms with Crippen molar-refractivity contribution in [2.75, 3.05) is 13.1 Å². The van der Waals surface area contributed by atoms with Gasteiger partial charge in [0.1, 0.15) is 11.6 Å². The van der Waals surface area contributed by atoms with Crippen LogP contribution in [0.2, 0.25) is 0 Å². The second-order valence-corrected chi connectivity index (χ2v) is 4.87. The van der Waals surface area contributed by atoms with Gasteiger partial charge in [-0.15, -0.1) is 12.4 Å². The van der Waals surface area contributed by atoms with E-state index in [-0.39, 0.29) is 24.0 Å². The molecular weight excluding hydrogens is 258 g/mol. The van der Waals surface area contributed by atoms with Crippen molar-refractivity contribution in [1.82, 2.24) is 4.90 Å². The molecule has 0 radical (unpaired) electrons. The summed E-state index contributed by atoms with van der Waals surface area (Å²) in [4.78, 5) is 2.06. The van der Waals surface area contributed by atoms with Crippen LogP contribution in [0.15, 0.2) is 18.2 Å². The van der Waals surface area contributed by atoms with Crippen LogP contribution < -0.4 is 5.73 Å². The molecule has 0 spiro atoms. The number of piperidine rings is 1. The van der Waals surface area contributed by atoms with Crippen molar-refractivity contribution in [3.05, 3.63) is 35.4 Å². The second kappa shape index (κ2) is 6.45. The number of nitrogens with zero attached hydrogens (tertiary/aromatic N) is 1. The van der Waals surface area contributed by atoms with E-state index in [9.17, 15) is 8.78 Å². The SMILES string of the molecule is CC1CN(Cc2c(F)cccc2F)CCC1N.Cl. The Morgan fingerprint density at radius 1 is 1.33 bits per heavy atom. The van der Waals surface area contributed by atoms with Gasteiger partial charge in [0.25, 0.3) is 0 Å². The Kier molecular flexibility index (Phi) is 5.50. The summed E-state index contributed by atoms with van der Waals surface area (Å²) in [6.45, 7) is 4.01. The Hall–Kier alpha value is -0.710. The molecule has 1 aromatic rings. The van der Waals surface area contributed by atoms with E-state index >= 15 is 0 Å². The highest BCUT2D eigenvalue weighted by atomic mass is 35.5. The minimum atomic E-state index is -0.465. The van der Waals surface area contributed by atoms with Gasteiger partial charge < -0.3 is 5.73 Å². The Bertz CT molecular complexity index is 380. The normalized spacial score (nSPS) is 24.7. The molecule has 1 aliphatic heterocycles. The van der Waals surface area contributed by atoms with Crippen molar-refractivity contribution in [3.8, 4) is 0 Å². The van der Waals surface area contributed by atoms with Crippen LogP contribution in [0.4, 0.5) is 8.78 Å². The van der Waals surface area contributed by atoms with Crippen molar-refractivity contribution < 1.29 is 8.78 Å². The summed E-state index contributed by atoms with van der Waals surface area (Å²) >= 11 is 0. The van der Waals surface area contributed by atoms with Crippen molar-refractivity contribution in [1.29, 1.82) is 0 Å². The topological polar surface area (TPSA) is 29.3 Å². The molecule has 18 heavy (non-hydrogen) atoms. The monoisotopic (exact) mass is 276 g/mol. The molecule has 1 heterocycles. The third-order valence-corrected chi connectivity index (χ3v) is 3.50. The Labute approximate surface area is 113 Å². The summed E-state index contributed by atoms with van der Waals surface area (Å²) in [6, 6.07) is 4.20. The zero-order chi connectivity index (χ0) is 12.4. The predicted octanol–water partition coefficient (Wildman–Crippen LogP) is 2.56. The molecule has 102 valence electrons. The summed E-state index contributed by atoms with van der Waals surface area (Å²) in [7, 11) is 0. The molecule has 2 rings (SSSR count). The molecule has 5 heteroatoms. The zero-order valence-corrected chi connectivity index (χ0v) is 11.2. The van der Waals surface area contributed by atoms with Crippen molar-refractivity contribution in [2.45, 2.75) is 25.9 Å². The van der Waals surface area contributed by atoms with Crippen LogP contribution >= 0.6 is 12.4 Å². The first-order chi connectivity index (χ1) is 8.08. The molecular formula is C13H19ClF2N2. The lowest BCUT2D eigenvalue weighted by Gasteiger charge is -2.35. The van der Waals surface area contributed by atoms with E-state index in [4.69, 9.17) is 5.73 Å². The maximum absolute atomic E-state index is 13.5. The van der Waals surface area contributed by atoms with Gasteiger partial charge in [-0.05, 0) is 31.0 Å². The quantitative estimate of drug-likeness (QED) is 0.900. The van der Waals surface area contributed by atoms with E-state index in [0.717, 1.165) is 19.5 Å². The van der Waals surface area contributed by atoms with Crippen LogP contribution in [-0.2, 0) is 6.54 Å². The number of rotatable bonds is 2. The predicted molar refractivity (Wildman–Crippen MR) is 70.6 cm³/mol. The van der Waals surface area contributed by atoms with Crippen LogP contribution in [0.1, 0.15) is 18.9 Å². The lowest BCUT2D eigenvalue weighted by Crippen LogP contribution is -2.45. The van der Waals surface area contributed by atoms with E-state index in [1.54, 1.807) is 0 Å². The molecule has 0 amide bonds. The fourth-order valence-electron chi connectivity index (χ4n) is 2.30. The minimum Gasteiger partial charge on any atom is -0.327 e. The van der Waals surface area contributed by atoms with Gasteiger partial charge in [0.15, 0.2) is 0 Å². The largest absolute Gasteiger partial charge is 0.327 e. The molecule has 0 aromatic heterocycles. The highest BCUT2D eigenvalue weighted by molar-refractivity contribution is 5.85. The Morgan fingerprint density at radius 2 is 1.94 bits per heavy atom. The first-order valence-electron chi connectivity index (χ1n) is 5.98. The summed E-state index contributed by atoms with van der Waals surface area (Å²) in [5.74, 6) is -0.557. The molecule has 2 unspecified atom stereocenters. The van der Waals surface area contributed by atoms with Crippen LogP contribution in [0.25, 0.3) is 0 Å². The average Bonchev–Trinajstić information content (AvgIpc) is 2.28. The molecule has 1 fully saturated rings. The third kappa shape index (κ3) is 3.40. The summed E-state index contributed by atoms with van der Waals surface area (Å²) in [6.07, 6.45) is 0.886. The van der Waals surface area contributed by atoms with Gasteiger partial charge in [-0.2, -0.15) is 0 Å². The third-order valence-electron chi connectivity index (χ3n) is 3.50. The lowest BCUT2D eigenvalue weighted by atomic mass is 9.94. The average molecular weight is 277 g/mol. The van der Waals surface area contributed by atoms with Crippen molar-refractivity contribution >= 4 is 12.4 Å². The molecule has 0 saturated carbocycles. The van der Waals surface area contributed by atoms with Gasteiger partial charge in [0.05, 0.1) is 0 Å². The molecule has 2 atom stereocenters. The molecule has 1 saturated heterocycles. The second-order valence-electron chi connectivity index (χ2n) is 4.87. The standard InChI is InChI=1S/C13H18F2N2.ClH/c1-9-7-17(6-5-13(9)16)8-10-11(14)3-2-4-12(10)15;/h2-4,9,13H,5-8,16H2,1H3;1H. The highest BCUT2D eigenvalue weighted by Crippen LogP contribution is 2.20. The van der Waals surface area contributed by atoms with Gasteiger partial charge in [0, 0.05) is 24.7 Å². The molecule has 2 nitrogen and oxygen atoms in total. The summed E-state index contributed by atoms with van der Waals surface area (Å²) < 4.78 is 27.0. The van der Waals surface area contributed by atoms with Gasteiger partial charge in [-0.25, -0.2) is 8.78 Å². The fourth-order valence-corrected chi connectivity index (χ4v) is 2.30. The van der Waals surface area contributed by atoms with E-state index < -0.39 is 11.6 Å². The molecule has 1 aromatic carbocycles. The number of halogens is 3. The lowest BCUT2D eigenvalue weighted by molar-refractivity contribution is 0.154. The smallest absolute Gasteiger partial charge is 0.130 e. The van der Waals surface area contributed by atoms with Gasteiger partial charge in [0.2, 0.25) is 0 Å². The highest BCUT2D eigenvalue weighted by Gasteiger charge is 2.24. The molecule has 0 aliphatic carbocycles. The number of hydrogen-bond acceptors (Lipinski definition) is 2. The van der Waals surface area contributed by atoms with E-state index in [1.807, 2.05) is 0 Å². The number of likely N-dealkylation sites (tertiary alicyclic amines) is 1. The van der Waals surface area contributed by atoms with Gasteiger partial charge in [-0.1, -0.05) is 13.0 Å². The van der Waals surface area contributed by atoms with E-state index in [0.29, 0.717) is 12.5 Å². The van der Waals surface area contributed by atoms with Crippen molar-refractivity contribution in [3.63, 3.8) is 0 Å². The maximum atomic E-state index is 13.5. The molecule has 2 N–H and O–H groups in total. The zero-order valence-electron chi connectivity index (χ0n) is 10.4. The Balaban J connectivity index is 0.00000162. The number of nitrogens with two attached hydrogens (primary N) is 1. The maximum Gasteiger partial charge on any atom is 0.130 e. The number of benzene rings is 1. The van der Waals surface area contributed by atoms with Crippen LogP contribution in [0.5, 0.6) is 0 Å². The van der Waals surface area contributed by atoms with Gasteiger partial charge in [-0.3, -0.25) is 4.90 Å². The minimum absolute atomic E-state index is 0. The first-order valence-corrected chi connectivity index (χ1v) is 5.98. The number of hydrogen-bond donors (Lipinski definition) is 1. The Morgan fingerprint density at radius 3 is 2.50 bits per heavy atom. The first kappa shape index (κ1) is 15.3. The van der Waals surface area contributed by atoms with Gasteiger partial charge >= 0.3 is 0 Å². The van der Waals surface area contributed by atoms with Crippen LogP contribution in [-0.4, -0.2) is 24.0 Å². The van der Waals surface area contributed by atoms with Crippen molar-refractivity contribution in [2.24, 2.45) is 11.7 Å². The summed E-state index contributed by atoms with van der Waals surface area (Å²) in [5, 5.41) is 0. The fraction of sp³-hybridized carbons (Fsp3) is 0.538. The molecule has 1 aliphatic rings. The molecule has 0 bridgehead atoms. The van der Waals surface area contributed by atoms with Crippen LogP contribution in [0, 0.1) is 17.6 Å². The van der Waals surface area contributed by atoms with E-state index in [2.05, 4.69) is 11.8 Å². The van der Waals surface area contributed by atoms with E-state index in [1.165, 1.54) is 18.2 Å². The summed E-state index contributed by atoms with van der Waals surface area (Å²) in [5.41, 5.74) is 6.08.